The zero-order valence-corrected chi connectivity index (χ0v) is 20.0. The first-order valence-electron chi connectivity index (χ1n) is 7.33. The molecule has 0 aliphatic carbocycles. The van der Waals surface area contributed by atoms with Crippen molar-refractivity contribution in [3.63, 3.8) is 0 Å². The maximum atomic E-state index is 14.7. The Morgan fingerprint density at radius 2 is 1.12 bits per heavy atom. The van der Waals surface area contributed by atoms with E-state index in [9.17, 15) is 60.5 Å². The van der Waals surface area contributed by atoms with E-state index in [1.807, 2.05) is 5.54 Å². The van der Waals surface area contributed by atoms with Gasteiger partial charge in [0.1, 0.15) is 0 Å². The summed E-state index contributed by atoms with van der Waals surface area (Å²) >= 11 is 0. The van der Waals surface area contributed by atoms with Crippen LogP contribution in [0.1, 0.15) is 0 Å². The van der Waals surface area contributed by atoms with Gasteiger partial charge in [-0.2, -0.15) is 0 Å². The Morgan fingerprint density at radius 3 is 1.38 bits per heavy atom. The second-order valence-corrected chi connectivity index (χ2v) is 21.5. The molecule has 0 aromatic heterocycles. The Hall–Kier alpha value is -0.163. The van der Waals surface area contributed by atoms with Crippen LogP contribution in [0.3, 0.4) is 0 Å². The zero-order chi connectivity index (χ0) is 25.9. The Morgan fingerprint density at radius 1 is 0.781 bits per heavy atom. The predicted octanol–water partition coefficient (Wildman–Crippen LogP) is 9.65. The standard InChI is InChI=1S/C8H11F14N5P4Si/c1-32(2,3)5-4-23-28(6(9,10)11)24-29(18,19)26-31(22,7(12,13)14,8(15,16)17)27-30(20,21)25-28/h26-27H,1-3H3. The number of halogens is 14. The molecular formula is C8H11F14N5P4Si. The van der Waals surface area contributed by atoms with Crippen molar-refractivity contribution in [2.75, 3.05) is 0 Å². The fourth-order valence-corrected chi connectivity index (χ4v) is 13.9. The molecule has 0 radical (unpaired) electrons. The molecule has 24 heteroatoms. The van der Waals surface area contributed by atoms with E-state index in [0.29, 0.717) is 0 Å². The van der Waals surface area contributed by atoms with Crippen molar-refractivity contribution >= 4 is 38.3 Å². The van der Waals surface area contributed by atoms with Crippen LogP contribution in [0.15, 0.2) is 13.8 Å². The first-order valence-corrected chi connectivity index (χ1v) is 17.7. The molecule has 0 aromatic rings. The molecule has 2 N–H and O–H groups in total. The minimum atomic E-state index is -10.1. The van der Waals surface area contributed by atoms with Gasteiger partial charge in [0.15, 0.2) is 0 Å². The molecule has 0 aromatic carbocycles. The maximum absolute atomic E-state index is 14.7. The van der Waals surface area contributed by atoms with Gasteiger partial charge in [-0.3, -0.25) is 0 Å². The minimum absolute atomic E-state index is 0.916. The van der Waals surface area contributed by atoms with Crippen LogP contribution in [0.5, 0.6) is 0 Å². The van der Waals surface area contributed by atoms with Crippen LogP contribution in [-0.4, -0.2) is 25.8 Å². The molecule has 0 atom stereocenters. The SMILES string of the molecule is C[Si](C)(C)C#CN=P1(C(F)(F)F)N=P(F)(F)NP(F)(C(F)(F)F)(C(F)(F)F)NP(F)(F)=N1. The molecule has 0 spiro atoms. The molecule has 1 aliphatic rings. The van der Waals surface area contributed by atoms with Gasteiger partial charge in [-0.15, -0.1) is 0 Å². The summed E-state index contributed by atoms with van der Waals surface area (Å²) in [7, 11) is -35.3. The molecule has 0 amide bonds. The average Bonchev–Trinajstić information content (AvgIpc) is 2.37. The van der Waals surface area contributed by atoms with E-state index in [1.165, 1.54) is 34.7 Å². The van der Waals surface area contributed by atoms with Crippen molar-refractivity contribution in [2.45, 2.75) is 37.4 Å². The fraction of sp³-hybridized carbons (Fsp3) is 0.750. The number of rotatable bonds is 0. The van der Waals surface area contributed by atoms with Crippen LogP contribution in [-0.2, 0) is 0 Å². The molecule has 1 rings (SSSR count). The second kappa shape index (κ2) is 7.93. The summed E-state index contributed by atoms with van der Waals surface area (Å²) < 4.78 is 195. The van der Waals surface area contributed by atoms with Crippen LogP contribution in [0.25, 0.3) is 0 Å². The van der Waals surface area contributed by atoms with Crippen LogP contribution < -0.4 is 9.72 Å². The molecule has 0 saturated heterocycles. The topological polar surface area (TPSA) is 61.1 Å². The Kier molecular flexibility index (Phi) is 7.40. The van der Waals surface area contributed by atoms with Crippen molar-refractivity contribution < 1.29 is 60.5 Å². The Labute approximate surface area is 172 Å². The van der Waals surface area contributed by atoms with Crippen LogP contribution in [0.2, 0.25) is 19.6 Å². The molecule has 5 nitrogen and oxygen atoms in total. The summed E-state index contributed by atoms with van der Waals surface area (Å²) in [5.74, 6) is -21.3. The predicted molar refractivity (Wildman–Crippen MR) is 96.1 cm³/mol. The van der Waals surface area contributed by atoms with Crippen molar-refractivity contribution in [1.82, 2.24) is 9.72 Å². The number of hydrogen-bond donors (Lipinski definition) is 2. The molecule has 190 valence electrons. The van der Waals surface area contributed by atoms with Crippen LogP contribution >= 0.6 is 30.2 Å². The van der Waals surface area contributed by atoms with E-state index in [2.05, 4.69) is 4.74 Å². The quantitative estimate of drug-likeness (QED) is 0.127. The molecule has 0 unspecified atom stereocenters. The van der Waals surface area contributed by atoms with Crippen molar-refractivity contribution in [2.24, 2.45) is 13.8 Å². The molecular weight excluding hydrogens is 584 g/mol. The summed E-state index contributed by atoms with van der Waals surface area (Å²) in [4.78, 5) is -1.83. The van der Waals surface area contributed by atoms with Gasteiger partial charge in [0.25, 0.3) is 0 Å². The van der Waals surface area contributed by atoms with Gasteiger partial charge in [-0.1, -0.05) is 0 Å². The summed E-state index contributed by atoms with van der Waals surface area (Å²) in [6, 6.07) is 1.32. The summed E-state index contributed by atoms with van der Waals surface area (Å²) in [6.07, 6.45) is 0. The molecule has 32 heavy (non-hydrogen) atoms. The van der Waals surface area contributed by atoms with Crippen LogP contribution in [0, 0.1) is 11.6 Å². The Balaban J connectivity index is 4.27. The van der Waals surface area contributed by atoms with E-state index >= 15 is 0 Å². The van der Waals surface area contributed by atoms with Crippen molar-refractivity contribution in [1.29, 1.82) is 0 Å². The van der Waals surface area contributed by atoms with E-state index in [1.54, 1.807) is 0 Å². The number of nitrogens with one attached hydrogen (secondary N) is 2. The zero-order valence-electron chi connectivity index (χ0n) is 15.4. The molecule has 0 bridgehead atoms. The van der Waals surface area contributed by atoms with Gasteiger partial charge in [-0.25, -0.2) is 0 Å². The average molecular weight is 595 g/mol. The van der Waals surface area contributed by atoms with Gasteiger partial charge in [0, 0.05) is 0 Å². The number of alkyl halides is 9. The normalized spacial score (nSPS) is 28.8. The monoisotopic (exact) mass is 595 g/mol. The fourth-order valence-electron chi connectivity index (χ4n) is 1.68. The molecule has 1 aliphatic heterocycles. The number of nitrogens with zero attached hydrogens (tertiary/aromatic N) is 3. The summed E-state index contributed by atoms with van der Waals surface area (Å²) in [6.45, 7) is 4.14. The van der Waals surface area contributed by atoms with Crippen molar-refractivity contribution in [3.8, 4) is 11.6 Å². The van der Waals surface area contributed by atoms with E-state index in [0.717, 1.165) is 0 Å². The number of hydrogen-bond acceptors (Lipinski definition) is 3. The van der Waals surface area contributed by atoms with Crippen LogP contribution in [0.4, 0.5) is 60.5 Å². The van der Waals surface area contributed by atoms with Gasteiger partial charge < -0.3 is 0 Å². The first-order chi connectivity index (χ1) is 13.6. The van der Waals surface area contributed by atoms with Gasteiger partial charge in [-0.05, 0) is 0 Å². The molecule has 0 fully saturated rings. The summed E-state index contributed by atoms with van der Waals surface area (Å²) in [5.41, 5.74) is 2.03. The van der Waals surface area contributed by atoms with E-state index in [-0.39, 0.29) is 0 Å². The summed E-state index contributed by atoms with van der Waals surface area (Å²) in [5, 5.41) is 0. The van der Waals surface area contributed by atoms with Gasteiger partial charge in [0.05, 0.1) is 0 Å². The van der Waals surface area contributed by atoms with Gasteiger partial charge in [0.2, 0.25) is 0 Å². The van der Waals surface area contributed by atoms with Crippen molar-refractivity contribution in [3.05, 3.63) is 0 Å². The third-order valence-corrected chi connectivity index (χ3v) is 15.6. The van der Waals surface area contributed by atoms with E-state index in [4.69, 9.17) is 0 Å². The first kappa shape index (κ1) is 29.9. The third-order valence-electron chi connectivity index (χ3n) is 3.00. The van der Waals surface area contributed by atoms with E-state index < -0.39 is 65.8 Å². The molecule has 0 saturated carbocycles. The third kappa shape index (κ3) is 5.55. The molecule has 1 heterocycles. The Bertz CT molecular complexity index is 946. The second-order valence-electron chi connectivity index (χ2n) is 6.91. The van der Waals surface area contributed by atoms with Gasteiger partial charge >= 0.3 is 171 Å².